The monoisotopic (exact) mass is 164 g/mol. The van der Waals surface area contributed by atoms with Crippen molar-refractivity contribution in [2.24, 2.45) is 5.22 Å². The lowest BCUT2D eigenvalue weighted by Gasteiger charge is -1.97. The van der Waals surface area contributed by atoms with E-state index in [2.05, 4.69) is 15.6 Å². The fourth-order valence-corrected chi connectivity index (χ4v) is 0.825. The molecule has 5 heteroatoms. The molecule has 0 fully saturated rings. The molecule has 0 radical (unpaired) electrons. The molecular formula is C7H8N4O. The van der Waals surface area contributed by atoms with Gasteiger partial charge in [0.1, 0.15) is 12.3 Å². The molecule has 0 bridgehead atoms. The van der Waals surface area contributed by atoms with Gasteiger partial charge in [-0.25, -0.2) is 0 Å². The zero-order valence-electron chi connectivity index (χ0n) is 6.31. The zero-order valence-corrected chi connectivity index (χ0v) is 6.31. The molecule has 1 rings (SSSR count). The minimum atomic E-state index is 0.204. The maximum atomic E-state index is 9.04. The van der Waals surface area contributed by atoms with Crippen molar-refractivity contribution in [2.45, 2.75) is 6.54 Å². The predicted molar refractivity (Wildman–Crippen MR) is 44.1 cm³/mol. The Labute approximate surface area is 69.2 Å². The van der Waals surface area contributed by atoms with Crippen molar-refractivity contribution in [2.75, 3.05) is 0 Å². The maximum Gasteiger partial charge on any atom is 0.116 e. The van der Waals surface area contributed by atoms with Crippen LogP contribution >= 0.6 is 0 Å². The SMILES string of the molecule is [N-]=[N+]=NNCc1cccc(O)c1. The number of hydrogen-bond acceptors (Lipinski definition) is 2. The van der Waals surface area contributed by atoms with Crippen molar-refractivity contribution >= 4 is 0 Å². The van der Waals surface area contributed by atoms with Crippen LogP contribution in [0.5, 0.6) is 5.75 Å². The van der Waals surface area contributed by atoms with Gasteiger partial charge in [-0.05, 0) is 22.9 Å². The van der Waals surface area contributed by atoms with E-state index >= 15 is 0 Å². The topological polar surface area (TPSA) is 81.0 Å². The molecular weight excluding hydrogens is 156 g/mol. The Kier molecular flexibility index (Phi) is 2.81. The highest BCUT2D eigenvalue weighted by atomic mass is 16.3. The maximum absolute atomic E-state index is 9.04. The first kappa shape index (κ1) is 8.23. The summed E-state index contributed by atoms with van der Waals surface area (Å²) in [5, 5.41) is 12.2. The van der Waals surface area contributed by atoms with E-state index in [-0.39, 0.29) is 5.75 Å². The third-order valence-corrected chi connectivity index (χ3v) is 1.31. The van der Waals surface area contributed by atoms with Gasteiger partial charge in [-0.1, -0.05) is 12.1 Å². The van der Waals surface area contributed by atoms with Crippen LogP contribution in [0.3, 0.4) is 0 Å². The number of benzene rings is 1. The number of aromatic hydroxyl groups is 1. The van der Waals surface area contributed by atoms with Crippen LogP contribution < -0.4 is 5.43 Å². The molecule has 2 N–H and O–H groups in total. The van der Waals surface area contributed by atoms with Gasteiger partial charge < -0.3 is 5.11 Å². The van der Waals surface area contributed by atoms with Gasteiger partial charge >= 0.3 is 0 Å². The van der Waals surface area contributed by atoms with Crippen molar-refractivity contribution in [1.82, 2.24) is 5.43 Å². The first-order chi connectivity index (χ1) is 5.83. The summed E-state index contributed by atoms with van der Waals surface area (Å²) in [5.41, 5.74) is 11.3. The number of phenolic OH excluding ortho intramolecular Hbond substituents is 1. The van der Waals surface area contributed by atoms with Crippen molar-refractivity contribution in [3.05, 3.63) is 40.3 Å². The zero-order chi connectivity index (χ0) is 8.81. The fourth-order valence-electron chi connectivity index (χ4n) is 0.825. The Bertz CT molecular complexity index is 306. The third-order valence-electron chi connectivity index (χ3n) is 1.31. The second-order valence-electron chi connectivity index (χ2n) is 2.19. The van der Waals surface area contributed by atoms with Crippen molar-refractivity contribution < 1.29 is 5.11 Å². The normalized spacial score (nSPS) is 8.67. The number of phenols is 1. The Balaban J connectivity index is 2.57. The number of hydrogen-bond donors (Lipinski definition) is 2. The summed E-state index contributed by atoms with van der Waals surface area (Å²) in [6.07, 6.45) is 0. The van der Waals surface area contributed by atoms with Crippen LogP contribution in [0.4, 0.5) is 0 Å². The van der Waals surface area contributed by atoms with Gasteiger partial charge in [-0.3, -0.25) is 5.43 Å². The van der Waals surface area contributed by atoms with Gasteiger partial charge in [0.2, 0.25) is 0 Å². The summed E-state index contributed by atoms with van der Waals surface area (Å²) in [7, 11) is 0. The van der Waals surface area contributed by atoms with Gasteiger partial charge in [-0.15, -0.1) is 5.53 Å². The molecule has 0 unspecified atom stereocenters. The highest BCUT2D eigenvalue weighted by Gasteiger charge is 1.93. The minimum absolute atomic E-state index is 0.204. The van der Waals surface area contributed by atoms with E-state index < -0.39 is 0 Å². The number of nitrogens with one attached hydrogen (secondary N) is 1. The lowest BCUT2D eigenvalue weighted by Crippen LogP contribution is -2.02. The van der Waals surface area contributed by atoms with E-state index in [9.17, 15) is 0 Å². The highest BCUT2D eigenvalue weighted by molar-refractivity contribution is 5.26. The molecule has 5 nitrogen and oxygen atoms in total. The quantitative estimate of drug-likeness (QED) is 0.308. The second-order valence-corrected chi connectivity index (χ2v) is 2.19. The smallest absolute Gasteiger partial charge is 0.116 e. The van der Waals surface area contributed by atoms with E-state index in [0.717, 1.165) is 5.56 Å². The molecule has 1 aromatic rings. The van der Waals surface area contributed by atoms with E-state index in [1.54, 1.807) is 18.2 Å². The molecule has 0 aliphatic carbocycles. The molecule has 0 atom stereocenters. The average molecular weight is 164 g/mol. The van der Waals surface area contributed by atoms with Gasteiger partial charge in [0.05, 0.1) is 0 Å². The van der Waals surface area contributed by atoms with E-state index in [1.807, 2.05) is 6.07 Å². The summed E-state index contributed by atoms with van der Waals surface area (Å²) in [4.78, 5) is 2.52. The molecule has 0 aromatic heterocycles. The van der Waals surface area contributed by atoms with Gasteiger partial charge in [-0.2, -0.15) is 4.91 Å². The van der Waals surface area contributed by atoms with Crippen LogP contribution in [-0.4, -0.2) is 5.11 Å². The van der Waals surface area contributed by atoms with Gasteiger partial charge in [0.25, 0.3) is 0 Å². The summed E-state index contributed by atoms with van der Waals surface area (Å²) < 4.78 is 0. The van der Waals surface area contributed by atoms with E-state index in [0.29, 0.717) is 6.54 Å². The van der Waals surface area contributed by atoms with Crippen molar-refractivity contribution in [3.63, 3.8) is 0 Å². The largest absolute Gasteiger partial charge is 0.508 e. The number of azide groups is 1. The van der Waals surface area contributed by atoms with Gasteiger partial charge in [0.15, 0.2) is 0 Å². The van der Waals surface area contributed by atoms with Crippen LogP contribution in [0.15, 0.2) is 29.5 Å². The third kappa shape index (κ3) is 2.40. The van der Waals surface area contributed by atoms with Crippen molar-refractivity contribution in [3.8, 4) is 5.75 Å². The number of rotatable bonds is 3. The van der Waals surface area contributed by atoms with Crippen LogP contribution in [0, 0.1) is 0 Å². The number of nitrogens with zero attached hydrogens (tertiary/aromatic N) is 3. The Morgan fingerprint density at radius 2 is 2.42 bits per heavy atom. The lowest BCUT2D eigenvalue weighted by molar-refractivity contribution is 0.474. The highest BCUT2D eigenvalue weighted by Crippen LogP contribution is 2.10. The molecule has 0 amide bonds. The first-order valence-corrected chi connectivity index (χ1v) is 3.38. The van der Waals surface area contributed by atoms with Gasteiger partial charge in [0, 0.05) is 0 Å². The Hall–Kier alpha value is -1.87. The molecule has 1 aromatic carbocycles. The molecule has 0 saturated carbocycles. The Morgan fingerprint density at radius 1 is 1.58 bits per heavy atom. The van der Waals surface area contributed by atoms with Crippen LogP contribution in [0.1, 0.15) is 5.56 Å². The fraction of sp³-hybridized carbons (Fsp3) is 0.143. The molecule has 0 aliphatic rings. The molecule has 0 aliphatic heterocycles. The summed E-state index contributed by atoms with van der Waals surface area (Å²) in [5.74, 6) is 0.204. The second kappa shape index (κ2) is 4.10. The first-order valence-electron chi connectivity index (χ1n) is 3.38. The predicted octanol–water partition coefficient (Wildman–Crippen LogP) is 1.71. The van der Waals surface area contributed by atoms with E-state index in [4.69, 9.17) is 10.6 Å². The summed E-state index contributed by atoms with van der Waals surface area (Å²) in [6, 6.07) is 6.72. The summed E-state index contributed by atoms with van der Waals surface area (Å²) >= 11 is 0. The molecule has 0 heterocycles. The minimum Gasteiger partial charge on any atom is -0.508 e. The molecule has 62 valence electrons. The molecule has 0 saturated heterocycles. The van der Waals surface area contributed by atoms with Crippen molar-refractivity contribution in [1.29, 1.82) is 0 Å². The molecule has 12 heavy (non-hydrogen) atoms. The standard InChI is InChI=1S/C7H8N4O/c8-10-11-9-5-6-2-1-3-7(12)4-6/h1-4,9,12H,5H2. The van der Waals surface area contributed by atoms with Crippen LogP contribution in [0.25, 0.3) is 10.4 Å². The summed E-state index contributed by atoms with van der Waals surface area (Å²) in [6.45, 7) is 0.415. The Morgan fingerprint density at radius 3 is 3.08 bits per heavy atom. The lowest BCUT2D eigenvalue weighted by atomic mass is 10.2. The molecule has 0 spiro atoms. The van der Waals surface area contributed by atoms with Crippen LogP contribution in [-0.2, 0) is 6.54 Å². The average Bonchev–Trinajstić information content (AvgIpc) is 2.05. The van der Waals surface area contributed by atoms with Crippen LogP contribution in [0.2, 0.25) is 0 Å². The van der Waals surface area contributed by atoms with E-state index in [1.165, 1.54) is 0 Å².